The van der Waals surface area contributed by atoms with Gasteiger partial charge in [0.15, 0.2) is 5.88 Å². The van der Waals surface area contributed by atoms with Crippen molar-refractivity contribution in [1.82, 2.24) is 5.32 Å². The average molecular weight is 602 g/mol. The summed E-state index contributed by atoms with van der Waals surface area (Å²) in [5, 5.41) is 13.3. The molecular weight excluding hydrogens is 536 g/mol. The fourth-order valence-corrected chi connectivity index (χ4v) is 3.98. The topological polar surface area (TPSA) is 50.7 Å². The Bertz CT molecular complexity index is 1030. The number of benzene rings is 1. The molecule has 0 radical (unpaired) electrons. The monoisotopic (exact) mass is 602 g/mol. The summed E-state index contributed by atoms with van der Waals surface area (Å²) in [7, 11) is 0. The van der Waals surface area contributed by atoms with E-state index in [-0.39, 0.29) is 16.9 Å². The second-order valence-corrected chi connectivity index (χ2v) is 11.7. The number of halogens is 1. The Morgan fingerprint density at radius 3 is 2.16 bits per heavy atom. The summed E-state index contributed by atoms with van der Waals surface area (Å²) in [4.78, 5) is 0. The van der Waals surface area contributed by atoms with E-state index >= 15 is 0 Å². The van der Waals surface area contributed by atoms with E-state index < -0.39 is 5.82 Å². The molecule has 1 saturated carbocycles. The first-order chi connectivity index (χ1) is 20.2. The van der Waals surface area contributed by atoms with E-state index in [1.807, 2.05) is 81.3 Å². The quantitative estimate of drug-likeness (QED) is 0.218. The number of hydrogen-bond donors (Lipinski definition) is 2. The van der Waals surface area contributed by atoms with Gasteiger partial charge in [-0.05, 0) is 45.6 Å². The fraction of sp³-hybridized carbons (Fsp3) is 0.649. The first kappa shape index (κ1) is 42.6. The number of aromatic hydroxyl groups is 1. The number of phenolic OH excluding ortho intramolecular Hbond substituents is 1. The third-order valence-corrected chi connectivity index (χ3v) is 6.68. The molecule has 43 heavy (non-hydrogen) atoms. The zero-order valence-corrected chi connectivity index (χ0v) is 30.3. The van der Waals surface area contributed by atoms with Crippen LogP contribution in [0.2, 0.25) is 0 Å². The van der Waals surface area contributed by atoms with Gasteiger partial charge in [0.05, 0.1) is 0 Å². The van der Waals surface area contributed by atoms with Crippen molar-refractivity contribution in [3.63, 3.8) is 0 Å². The van der Waals surface area contributed by atoms with Gasteiger partial charge in [0.25, 0.3) is 0 Å². The van der Waals surface area contributed by atoms with Crippen molar-refractivity contribution in [3.05, 3.63) is 58.3 Å². The molecule has 0 bridgehead atoms. The van der Waals surface area contributed by atoms with Gasteiger partial charge in [-0.3, -0.25) is 0 Å². The van der Waals surface area contributed by atoms with Crippen molar-refractivity contribution in [2.45, 2.75) is 141 Å². The summed E-state index contributed by atoms with van der Waals surface area (Å²) in [6, 6.07) is 1.43. The summed E-state index contributed by atoms with van der Waals surface area (Å²) >= 11 is 0. The molecule has 1 aliphatic carbocycles. The molecular formula is C37H65BFNO3. The van der Waals surface area contributed by atoms with Crippen LogP contribution in [0.15, 0.2) is 35.8 Å². The third kappa shape index (κ3) is 18.0. The van der Waals surface area contributed by atoms with E-state index in [1.165, 1.54) is 38.2 Å². The molecule has 0 aromatic heterocycles. The van der Waals surface area contributed by atoms with E-state index in [9.17, 15) is 9.50 Å². The van der Waals surface area contributed by atoms with Gasteiger partial charge in [-0.1, -0.05) is 74.1 Å². The van der Waals surface area contributed by atoms with E-state index in [1.54, 1.807) is 13.8 Å². The van der Waals surface area contributed by atoms with Crippen LogP contribution in [-0.4, -0.2) is 30.1 Å². The molecule has 0 saturated heterocycles. The van der Waals surface area contributed by atoms with Crippen molar-refractivity contribution >= 4 is 18.6 Å². The summed E-state index contributed by atoms with van der Waals surface area (Å²) < 4.78 is 25.3. The molecule has 2 N–H and O–H groups in total. The SMILES string of the molecule is C=C(NCC(CC)CCC)OC(C)(C)C.CC.CC.CC1CC1.CC=BC1=C(c2cc(F)c(C)c(O)c2C)OC(C)=CC1. The van der Waals surface area contributed by atoms with Crippen LogP contribution in [-0.2, 0) is 9.47 Å². The predicted molar refractivity (Wildman–Crippen MR) is 189 cm³/mol. The molecule has 1 fully saturated rings. The minimum absolute atomic E-state index is 0.0110. The van der Waals surface area contributed by atoms with Gasteiger partial charge in [-0.15, -0.1) is 0 Å². The van der Waals surface area contributed by atoms with E-state index in [0.29, 0.717) is 22.8 Å². The Morgan fingerprint density at radius 1 is 1.16 bits per heavy atom. The van der Waals surface area contributed by atoms with Crippen molar-refractivity contribution in [1.29, 1.82) is 0 Å². The Hall–Kier alpha value is -2.50. The summed E-state index contributed by atoms with van der Waals surface area (Å²) in [6.45, 7) is 34.8. The number of nitrogens with one attached hydrogen (secondary N) is 1. The van der Waals surface area contributed by atoms with Crippen LogP contribution >= 0.6 is 0 Å². The molecule has 1 unspecified atom stereocenters. The summed E-state index contributed by atoms with van der Waals surface area (Å²) in [6.07, 6.45) is 9.42. The van der Waals surface area contributed by atoms with Crippen molar-refractivity contribution in [2.75, 3.05) is 6.54 Å². The van der Waals surface area contributed by atoms with Crippen LogP contribution in [0, 0.1) is 31.5 Å². The van der Waals surface area contributed by atoms with Crippen molar-refractivity contribution in [2.24, 2.45) is 11.8 Å². The van der Waals surface area contributed by atoms with Gasteiger partial charge in [0.1, 0.15) is 5.60 Å². The molecule has 0 spiro atoms. The normalized spacial score (nSPS) is 14.4. The second-order valence-electron chi connectivity index (χ2n) is 11.7. The zero-order valence-electron chi connectivity index (χ0n) is 30.3. The van der Waals surface area contributed by atoms with Gasteiger partial charge >= 0.3 is 119 Å². The Kier molecular flexibility index (Phi) is 22.8. The van der Waals surface area contributed by atoms with E-state index in [2.05, 4.69) is 32.7 Å². The van der Waals surface area contributed by atoms with Gasteiger partial charge in [-0.2, -0.15) is 0 Å². The van der Waals surface area contributed by atoms with Gasteiger partial charge in [0.2, 0.25) is 0 Å². The van der Waals surface area contributed by atoms with Crippen molar-refractivity contribution in [3.8, 4) is 5.75 Å². The molecule has 3 rings (SSSR count). The number of allylic oxidation sites excluding steroid dienone is 3. The molecule has 2 aliphatic rings. The molecule has 0 amide bonds. The van der Waals surface area contributed by atoms with Gasteiger partial charge in [0, 0.05) is 6.54 Å². The van der Waals surface area contributed by atoms with E-state index in [0.717, 1.165) is 36.0 Å². The van der Waals surface area contributed by atoms with Crippen LogP contribution in [0.25, 0.3) is 5.76 Å². The number of phenols is 1. The predicted octanol–water partition coefficient (Wildman–Crippen LogP) is 10.8. The van der Waals surface area contributed by atoms with Crippen molar-refractivity contribution < 1.29 is 19.0 Å². The molecule has 246 valence electrons. The van der Waals surface area contributed by atoms with E-state index in [4.69, 9.17) is 9.47 Å². The standard InChI is InChI=1S/C16H18BFO2.C13H27NO.C4H8.2C2H6/c1-5-17-13-7-6-9(2)20-16(13)12-8-14(18)11(4)15(19)10(12)3;1-7-9-12(8-2)10-14-11(3)15-13(4,5)6;1-4-2-3-4;2*1-2/h5-6,8,19H,7H2,1-4H3;12,14H,3,7-10H2,1-2,4-6H3;4H,2-3H2,1H3;2*1-2H3. The number of ether oxygens (including phenoxy) is 2. The van der Waals surface area contributed by atoms with Crippen LogP contribution in [0.5, 0.6) is 5.75 Å². The average Bonchev–Trinajstić information content (AvgIpc) is 3.76. The zero-order chi connectivity index (χ0) is 33.8. The second kappa shape index (κ2) is 23.0. The van der Waals surface area contributed by atoms with Crippen LogP contribution in [0.1, 0.15) is 138 Å². The maximum absolute atomic E-state index is 13.9. The Morgan fingerprint density at radius 2 is 1.72 bits per heavy atom. The first-order valence-corrected chi connectivity index (χ1v) is 16.5. The molecule has 1 atom stereocenters. The molecule has 1 heterocycles. The Labute approximate surface area is 266 Å². The number of hydrogen-bond acceptors (Lipinski definition) is 4. The minimum atomic E-state index is -0.425. The first-order valence-electron chi connectivity index (χ1n) is 16.5. The van der Waals surface area contributed by atoms with Crippen LogP contribution in [0.4, 0.5) is 4.39 Å². The van der Waals surface area contributed by atoms with Crippen LogP contribution in [0.3, 0.4) is 0 Å². The summed E-state index contributed by atoms with van der Waals surface area (Å²) in [5.41, 5.74) is 2.32. The van der Waals surface area contributed by atoms with Gasteiger partial charge in [-0.25, -0.2) is 0 Å². The molecule has 1 aromatic rings. The summed E-state index contributed by atoms with van der Waals surface area (Å²) in [5.74, 6) is 5.40. The Balaban J connectivity index is 0. The molecule has 1 aromatic carbocycles. The van der Waals surface area contributed by atoms with Crippen LogP contribution < -0.4 is 5.32 Å². The fourth-order valence-electron chi connectivity index (χ4n) is 3.98. The third-order valence-electron chi connectivity index (χ3n) is 6.68. The number of rotatable bonds is 9. The maximum atomic E-state index is 13.9. The van der Waals surface area contributed by atoms with Gasteiger partial charge < -0.3 is 10.1 Å². The molecule has 6 heteroatoms. The molecule has 4 nitrogen and oxygen atoms in total. The molecule has 1 aliphatic heterocycles.